The average molecular weight is 743 g/mol. The Labute approximate surface area is 305 Å². The third kappa shape index (κ3) is 10.3. The van der Waals surface area contributed by atoms with Gasteiger partial charge >= 0.3 is 11.9 Å². The van der Waals surface area contributed by atoms with Crippen molar-refractivity contribution in [3.63, 3.8) is 0 Å². The van der Waals surface area contributed by atoms with Crippen LogP contribution in [0, 0.1) is 0 Å². The molecule has 0 aromatic heterocycles. The van der Waals surface area contributed by atoms with Gasteiger partial charge in [0.2, 0.25) is 12.0 Å². The largest absolute Gasteiger partial charge is 0.502 e. The lowest BCUT2D eigenvalue weighted by Crippen LogP contribution is -2.60. The van der Waals surface area contributed by atoms with Gasteiger partial charge < -0.3 is 70.3 Å². The number of carboxylic acids is 1. The molecule has 0 spiro atoms. The molecule has 17 heteroatoms. The Bertz CT molecular complexity index is 1750. The summed E-state index contributed by atoms with van der Waals surface area (Å²) in [7, 11) is 2.75. The number of aliphatic imine (C=N–C) groups is 1. The van der Waals surface area contributed by atoms with Gasteiger partial charge in [0.05, 0.1) is 30.5 Å². The number of rotatable bonds is 17. The summed E-state index contributed by atoms with van der Waals surface area (Å²) in [6, 6.07) is 13.0. The van der Waals surface area contributed by atoms with Crippen LogP contribution in [0.3, 0.4) is 0 Å². The van der Waals surface area contributed by atoms with Gasteiger partial charge in [0.25, 0.3) is 0 Å². The fourth-order valence-corrected chi connectivity index (χ4v) is 5.31. The summed E-state index contributed by atoms with van der Waals surface area (Å²) in [6.07, 6.45) is -7.00. The number of guanidine groups is 1. The Hall–Kier alpha value is -5.49. The molecule has 4 rings (SSSR count). The van der Waals surface area contributed by atoms with Crippen LogP contribution < -0.4 is 35.3 Å². The molecule has 9 N–H and O–H groups in total. The molecule has 53 heavy (non-hydrogen) atoms. The minimum Gasteiger partial charge on any atom is -0.502 e. The molecular formula is C36H46N4O13. The number of phenolic OH excluding ortho intramolecular Hbond substituents is 1. The van der Waals surface area contributed by atoms with Crippen LogP contribution in [0.2, 0.25) is 0 Å². The van der Waals surface area contributed by atoms with Crippen LogP contribution in [0.25, 0.3) is 0 Å². The molecule has 1 saturated heterocycles. The topological polar surface area (TPSA) is 253 Å². The normalized spacial score (nSPS) is 19.9. The van der Waals surface area contributed by atoms with Gasteiger partial charge in [0.15, 0.2) is 35.7 Å². The van der Waals surface area contributed by atoms with Crippen molar-refractivity contribution < 1.29 is 63.5 Å². The van der Waals surface area contributed by atoms with Gasteiger partial charge in [-0.15, -0.1) is 0 Å². The van der Waals surface area contributed by atoms with Crippen molar-refractivity contribution >= 4 is 23.6 Å². The van der Waals surface area contributed by atoms with E-state index in [9.17, 15) is 35.1 Å². The quantitative estimate of drug-likeness (QED) is 0.0423. The number of phenols is 1. The first-order valence-corrected chi connectivity index (χ1v) is 16.8. The van der Waals surface area contributed by atoms with E-state index in [1.165, 1.54) is 44.0 Å². The monoisotopic (exact) mass is 742 g/mol. The van der Waals surface area contributed by atoms with Gasteiger partial charge in [-0.3, -0.25) is 4.99 Å². The zero-order valence-corrected chi connectivity index (χ0v) is 29.8. The molecule has 3 aromatic rings. The highest BCUT2D eigenvalue weighted by Gasteiger charge is 2.46. The molecule has 1 fully saturated rings. The van der Waals surface area contributed by atoms with Crippen LogP contribution in [0.4, 0.5) is 5.69 Å². The number of aryl methyl sites for hydroxylation is 1. The minimum absolute atomic E-state index is 0.0207. The van der Waals surface area contributed by atoms with Gasteiger partial charge in [0.1, 0.15) is 31.0 Å². The molecule has 0 radical (unpaired) electrons. The molecule has 17 nitrogen and oxygen atoms in total. The van der Waals surface area contributed by atoms with Crippen molar-refractivity contribution in [3.05, 3.63) is 70.8 Å². The summed E-state index contributed by atoms with van der Waals surface area (Å²) in [6.45, 7) is 3.47. The molecule has 288 valence electrons. The van der Waals surface area contributed by atoms with Crippen molar-refractivity contribution in [2.45, 2.75) is 57.4 Å². The zero-order chi connectivity index (χ0) is 38.7. The van der Waals surface area contributed by atoms with Crippen LogP contribution in [0.1, 0.15) is 45.7 Å². The van der Waals surface area contributed by atoms with E-state index < -0.39 is 49.3 Å². The SMILES string of the molecule is CCNc1cc(O[C@@H]2O[C@@H](COC(=O)c3cc(OC)c(O)c(OCCc4cccc(CC)c4)c3)[C@@H](O)[C@H](O)[C@H]2O)c(OCNC(N)=NC)cc1C(=O)O. The number of nitrogens with one attached hydrogen (secondary N) is 2. The predicted octanol–water partition coefficient (Wildman–Crippen LogP) is 1.63. The van der Waals surface area contributed by atoms with Crippen LogP contribution >= 0.6 is 0 Å². The number of carbonyl (C=O) groups excluding carboxylic acids is 1. The lowest BCUT2D eigenvalue weighted by Gasteiger charge is -2.40. The molecular weight excluding hydrogens is 696 g/mol. The van der Waals surface area contributed by atoms with Crippen LogP contribution in [-0.4, -0.2) is 115 Å². The molecule has 0 aliphatic carbocycles. The Kier molecular flexibility index (Phi) is 14.3. The summed E-state index contributed by atoms with van der Waals surface area (Å²) < 4.78 is 33.8. The number of nitrogens with zero attached hydrogens (tertiary/aromatic N) is 1. The number of carboxylic acid groups (broad SMARTS) is 1. The summed E-state index contributed by atoms with van der Waals surface area (Å²) in [5, 5.41) is 58.3. The first kappa shape index (κ1) is 40.3. The highest BCUT2D eigenvalue weighted by Crippen LogP contribution is 2.39. The van der Waals surface area contributed by atoms with E-state index in [-0.39, 0.29) is 64.9 Å². The first-order valence-electron chi connectivity index (χ1n) is 16.8. The number of ether oxygens (including phenoxy) is 6. The Morgan fingerprint density at radius 2 is 1.68 bits per heavy atom. The fourth-order valence-electron chi connectivity index (χ4n) is 5.31. The number of anilines is 1. The summed E-state index contributed by atoms with van der Waals surface area (Å²) >= 11 is 0. The molecule has 5 atom stereocenters. The number of esters is 1. The number of aromatic carboxylic acids is 1. The Morgan fingerprint density at radius 1 is 0.943 bits per heavy atom. The first-order chi connectivity index (χ1) is 25.4. The maximum Gasteiger partial charge on any atom is 0.338 e. The fraction of sp³-hybridized carbons (Fsp3) is 0.417. The Morgan fingerprint density at radius 3 is 2.36 bits per heavy atom. The number of carbonyl (C=O) groups is 2. The molecule has 0 bridgehead atoms. The Balaban J connectivity index is 1.49. The highest BCUT2D eigenvalue weighted by atomic mass is 16.7. The molecule has 1 aliphatic rings. The van der Waals surface area contributed by atoms with Crippen molar-refractivity contribution in [2.24, 2.45) is 10.7 Å². The lowest BCUT2D eigenvalue weighted by atomic mass is 9.99. The van der Waals surface area contributed by atoms with Gasteiger partial charge in [-0.2, -0.15) is 0 Å². The number of hydrogen-bond acceptors (Lipinski definition) is 14. The molecule has 3 aromatic carbocycles. The van der Waals surface area contributed by atoms with E-state index in [0.717, 1.165) is 12.0 Å². The molecule has 0 amide bonds. The number of nitrogens with two attached hydrogens (primary N) is 1. The molecule has 0 unspecified atom stereocenters. The molecule has 1 heterocycles. The van der Waals surface area contributed by atoms with E-state index in [1.54, 1.807) is 6.92 Å². The molecule has 0 saturated carbocycles. The zero-order valence-electron chi connectivity index (χ0n) is 29.8. The van der Waals surface area contributed by atoms with Gasteiger partial charge in [0, 0.05) is 32.1 Å². The van der Waals surface area contributed by atoms with Crippen molar-refractivity contribution in [3.8, 4) is 28.7 Å². The van der Waals surface area contributed by atoms with Crippen molar-refractivity contribution in [1.82, 2.24) is 5.32 Å². The predicted molar refractivity (Wildman–Crippen MR) is 191 cm³/mol. The van der Waals surface area contributed by atoms with Crippen LogP contribution in [0.5, 0.6) is 28.7 Å². The number of hydrogen-bond donors (Lipinski definition) is 8. The number of aliphatic hydroxyl groups is 3. The van der Waals surface area contributed by atoms with Gasteiger partial charge in [-0.05, 0) is 36.6 Å². The number of aromatic hydroxyl groups is 1. The van der Waals surface area contributed by atoms with Crippen LogP contribution in [-0.2, 0) is 22.3 Å². The smallest absolute Gasteiger partial charge is 0.338 e. The van der Waals surface area contributed by atoms with E-state index in [1.807, 2.05) is 18.2 Å². The van der Waals surface area contributed by atoms with E-state index in [2.05, 4.69) is 28.6 Å². The number of benzene rings is 3. The van der Waals surface area contributed by atoms with E-state index >= 15 is 0 Å². The third-order valence-corrected chi connectivity index (χ3v) is 8.24. The summed E-state index contributed by atoms with van der Waals surface area (Å²) in [4.78, 5) is 29.0. The second-order valence-corrected chi connectivity index (χ2v) is 11.8. The maximum atomic E-state index is 13.2. The number of aliphatic hydroxyl groups excluding tert-OH is 3. The molecule has 1 aliphatic heterocycles. The maximum absolute atomic E-state index is 13.2. The highest BCUT2D eigenvalue weighted by molar-refractivity contribution is 5.95. The summed E-state index contributed by atoms with van der Waals surface area (Å²) in [5.41, 5.74) is 7.80. The van der Waals surface area contributed by atoms with Crippen molar-refractivity contribution in [1.29, 1.82) is 0 Å². The number of methoxy groups -OCH3 is 1. The van der Waals surface area contributed by atoms with E-state index in [4.69, 9.17) is 34.2 Å². The van der Waals surface area contributed by atoms with Crippen molar-refractivity contribution in [2.75, 3.05) is 46.0 Å². The summed E-state index contributed by atoms with van der Waals surface area (Å²) in [5.74, 6) is -2.73. The third-order valence-electron chi connectivity index (χ3n) is 8.24. The van der Waals surface area contributed by atoms with Gasteiger partial charge in [-0.25, -0.2) is 9.59 Å². The lowest BCUT2D eigenvalue weighted by molar-refractivity contribution is -0.277. The average Bonchev–Trinajstić information content (AvgIpc) is 3.15. The van der Waals surface area contributed by atoms with E-state index in [0.29, 0.717) is 13.0 Å². The van der Waals surface area contributed by atoms with Gasteiger partial charge in [-0.1, -0.05) is 31.2 Å². The minimum atomic E-state index is -1.82. The van der Waals surface area contributed by atoms with Crippen LogP contribution in [0.15, 0.2) is 53.5 Å². The second kappa shape index (κ2) is 18.8. The second-order valence-electron chi connectivity index (χ2n) is 11.8. The standard InChI is InChI=1S/C36H46N4O13/c1-5-19-8-7-9-20(12-19)10-11-49-27-14-21(13-26(48-4)29(27)41)34(47)50-17-28-30(42)31(43)32(44)35(53-28)52-25-16-23(39-6-2)22(33(45)46)15-24(25)51-18-40-36(37)38-3/h7-9,12-16,28,30-32,35,39,41-44H,5-6,10-11,17-18H2,1-4H3,(H,45,46)(H3,37,38,40)/t28-,30+,31-,32+,35+/m0/s1.